The fourth-order valence-corrected chi connectivity index (χ4v) is 2.01. The zero-order valence-corrected chi connectivity index (χ0v) is 10.8. The van der Waals surface area contributed by atoms with Crippen LogP contribution >= 0.6 is 0 Å². The van der Waals surface area contributed by atoms with Crippen LogP contribution in [0.25, 0.3) is 22.6 Å². The van der Waals surface area contributed by atoms with Gasteiger partial charge in [0.25, 0.3) is 0 Å². The first kappa shape index (κ1) is 13.6. The lowest BCUT2D eigenvalue weighted by Gasteiger charge is -2.04. The van der Waals surface area contributed by atoms with Crippen LogP contribution in [-0.2, 0) is 12.7 Å². The predicted molar refractivity (Wildman–Crippen MR) is 72.3 cm³/mol. The lowest BCUT2D eigenvalue weighted by Crippen LogP contribution is -2.03. The Bertz CT molecular complexity index is 776. The molecule has 1 aromatic heterocycles. The third-order valence-electron chi connectivity index (χ3n) is 3.15. The van der Waals surface area contributed by atoms with Gasteiger partial charge in [-0.15, -0.1) is 0 Å². The van der Waals surface area contributed by atoms with Gasteiger partial charge in [0, 0.05) is 12.1 Å². The number of hydrogen-bond donors (Lipinski definition) is 1. The fraction of sp³-hybridized carbons (Fsp3) is 0.133. The summed E-state index contributed by atoms with van der Waals surface area (Å²) in [5.74, 6) is 0.285. The van der Waals surface area contributed by atoms with Crippen molar-refractivity contribution in [1.82, 2.24) is 4.98 Å². The third-order valence-corrected chi connectivity index (χ3v) is 3.15. The van der Waals surface area contributed by atoms with Crippen molar-refractivity contribution in [2.75, 3.05) is 0 Å². The van der Waals surface area contributed by atoms with Crippen molar-refractivity contribution in [3.63, 3.8) is 0 Å². The molecule has 2 aromatic carbocycles. The van der Waals surface area contributed by atoms with Crippen LogP contribution in [-0.4, -0.2) is 4.98 Å². The van der Waals surface area contributed by atoms with Crippen molar-refractivity contribution in [2.45, 2.75) is 12.7 Å². The number of nitrogens with zero attached hydrogens (tertiary/aromatic N) is 1. The molecular weight excluding hydrogens is 281 g/mol. The van der Waals surface area contributed by atoms with Crippen molar-refractivity contribution in [3.8, 4) is 11.5 Å². The van der Waals surface area contributed by atoms with Crippen molar-refractivity contribution >= 4 is 11.1 Å². The number of alkyl halides is 3. The minimum absolute atomic E-state index is 0.183. The highest BCUT2D eigenvalue weighted by molar-refractivity contribution is 5.77. The van der Waals surface area contributed by atoms with E-state index in [1.54, 1.807) is 12.1 Å². The number of halogens is 3. The van der Waals surface area contributed by atoms with Crippen molar-refractivity contribution in [2.24, 2.45) is 5.73 Å². The van der Waals surface area contributed by atoms with Crippen LogP contribution in [0.4, 0.5) is 13.2 Å². The first-order valence-electron chi connectivity index (χ1n) is 6.24. The van der Waals surface area contributed by atoms with Crippen LogP contribution < -0.4 is 5.73 Å². The molecule has 0 unspecified atom stereocenters. The Morgan fingerprint density at radius 3 is 2.38 bits per heavy atom. The largest absolute Gasteiger partial charge is 0.436 e. The summed E-state index contributed by atoms with van der Waals surface area (Å²) in [5.41, 5.74) is 6.92. The summed E-state index contributed by atoms with van der Waals surface area (Å²) in [4.78, 5) is 4.11. The summed E-state index contributed by atoms with van der Waals surface area (Å²) in [6.07, 6.45) is -4.39. The van der Waals surface area contributed by atoms with Gasteiger partial charge in [-0.05, 0) is 35.9 Å². The predicted octanol–water partition coefficient (Wildman–Crippen LogP) is 3.97. The van der Waals surface area contributed by atoms with Crippen LogP contribution in [0.2, 0.25) is 0 Å². The molecule has 2 N–H and O–H groups in total. The molecule has 3 aromatic rings. The summed E-state index contributed by atoms with van der Waals surface area (Å²) in [7, 11) is 0. The molecule has 108 valence electrons. The summed E-state index contributed by atoms with van der Waals surface area (Å²) < 4.78 is 43.5. The third kappa shape index (κ3) is 2.62. The van der Waals surface area contributed by atoms with Gasteiger partial charge in [0.2, 0.25) is 5.89 Å². The van der Waals surface area contributed by atoms with Crippen molar-refractivity contribution in [3.05, 3.63) is 53.6 Å². The van der Waals surface area contributed by atoms with Gasteiger partial charge in [-0.3, -0.25) is 0 Å². The SMILES string of the molecule is NCc1ccc(-c2nc3cc(C(F)(F)F)ccc3o2)cc1. The van der Waals surface area contributed by atoms with Gasteiger partial charge in [-0.1, -0.05) is 12.1 Å². The van der Waals surface area contributed by atoms with Gasteiger partial charge in [0.05, 0.1) is 5.56 Å². The molecule has 0 saturated carbocycles. The highest BCUT2D eigenvalue weighted by Gasteiger charge is 2.31. The van der Waals surface area contributed by atoms with Crippen LogP contribution in [0, 0.1) is 0 Å². The smallest absolute Gasteiger partial charge is 0.416 e. The van der Waals surface area contributed by atoms with E-state index in [1.165, 1.54) is 6.07 Å². The van der Waals surface area contributed by atoms with E-state index < -0.39 is 11.7 Å². The van der Waals surface area contributed by atoms with Crippen LogP contribution in [0.5, 0.6) is 0 Å². The molecule has 21 heavy (non-hydrogen) atoms. The highest BCUT2D eigenvalue weighted by atomic mass is 19.4. The van der Waals surface area contributed by atoms with E-state index >= 15 is 0 Å². The van der Waals surface area contributed by atoms with Gasteiger partial charge in [-0.25, -0.2) is 4.98 Å². The Balaban J connectivity index is 2.04. The topological polar surface area (TPSA) is 52.0 Å². The molecule has 0 bridgehead atoms. The Morgan fingerprint density at radius 2 is 1.76 bits per heavy atom. The number of fused-ring (bicyclic) bond motifs is 1. The van der Waals surface area contributed by atoms with E-state index in [-0.39, 0.29) is 11.4 Å². The van der Waals surface area contributed by atoms with E-state index in [0.29, 0.717) is 17.7 Å². The van der Waals surface area contributed by atoms with Crippen molar-refractivity contribution in [1.29, 1.82) is 0 Å². The molecule has 1 heterocycles. The Hall–Kier alpha value is -2.34. The second-order valence-corrected chi connectivity index (χ2v) is 4.60. The molecule has 0 atom stereocenters. The maximum absolute atomic E-state index is 12.7. The van der Waals surface area contributed by atoms with Crippen LogP contribution in [0.1, 0.15) is 11.1 Å². The van der Waals surface area contributed by atoms with Gasteiger partial charge in [-0.2, -0.15) is 13.2 Å². The Kier molecular flexibility index (Phi) is 3.17. The number of rotatable bonds is 2. The maximum atomic E-state index is 12.7. The number of aromatic nitrogens is 1. The lowest BCUT2D eigenvalue weighted by atomic mass is 10.1. The summed E-state index contributed by atoms with van der Waals surface area (Å²) >= 11 is 0. The van der Waals surface area contributed by atoms with E-state index in [4.69, 9.17) is 10.2 Å². The second-order valence-electron chi connectivity index (χ2n) is 4.60. The number of benzene rings is 2. The molecule has 6 heteroatoms. The van der Waals surface area contributed by atoms with Crippen molar-refractivity contribution < 1.29 is 17.6 Å². The number of nitrogens with two attached hydrogens (primary N) is 1. The van der Waals surface area contributed by atoms with Gasteiger partial charge in [0.1, 0.15) is 5.52 Å². The fourth-order valence-electron chi connectivity index (χ4n) is 2.01. The molecule has 0 aliphatic rings. The van der Waals surface area contributed by atoms with E-state index in [9.17, 15) is 13.2 Å². The van der Waals surface area contributed by atoms with E-state index in [1.807, 2.05) is 12.1 Å². The second kappa shape index (κ2) is 4.89. The zero-order valence-electron chi connectivity index (χ0n) is 10.8. The molecule has 0 fully saturated rings. The molecule has 3 nitrogen and oxygen atoms in total. The van der Waals surface area contributed by atoms with Gasteiger partial charge in [0.15, 0.2) is 5.58 Å². The molecular formula is C15H11F3N2O. The molecule has 0 amide bonds. The minimum atomic E-state index is -4.39. The molecule has 0 aliphatic carbocycles. The highest BCUT2D eigenvalue weighted by Crippen LogP contribution is 2.32. The van der Waals surface area contributed by atoms with Crippen LogP contribution in [0.15, 0.2) is 46.9 Å². The first-order valence-corrected chi connectivity index (χ1v) is 6.24. The molecule has 3 rings (SSSR count). The zero-order chi connectivity index (χ0) is 15.0. The Morgan fingerprint density at radius 1 is 1.05 bits per heavy atom. The lowest BCUT2D eigenvalue weighted by molar-refractivity contribution is -0.137. The van der Waals surface area contributed by atoms with Gasteiger partial charge < -0.3 is 10.2 Å². The number of oxazole rings is 1. The number of hydrogen-bond acceptors (Lipinski definition) is 3. The average molecular weight is 292 g/mol. The maximum Gasteiger partial charge on any atom is 0.416 e. The standard InChI is InChI=1S/C15H11F3N2O/c16-15(17,18)11-5-6-13-12(7-11)20-14(21-13)10-3-1-9(8-19)2-4-10/h1-7H,8,19H2. The van der Waals surface area contributed by atoms with Crippen LogP contribution in [0.3, 0.4) is 0 Å². The van der Waals surface area contributed by atoms with E-state index in [0.717, 1.165) is 17.7 Å². The normalized spacial score (nSPS) is 12.0. The minimum Gasteiger partial charge on any atom is -0.436 e. The van der Waals surface area contributed by atoms with E-state index in [2.05, 4.69) is 4.98 Å². The first-order chi connectivity index (χ1) is 9.97. The molecule has 0 saturated heterocycles. The average Bonchev–Trinajstić information content (AvgIpc) is 2.89. The summed E-state index contributed by atoms with van der Waals surface area (Å²) in [6, 6.07) is 10.4. The van der Waals surface area contributed by atoms with Gasteiger partial charge >= 0.3 is 6.18 Å². The molecule has 0 spiro atoms. The Labute approximate surface area is 118 Å². The molecule has 0 radical (unpaired) electrons. The molecule has 0 aliphatic heterocycles. The summed E-state index contributed by atoms with van der Waals surface area (Å²) in [5, 5.41) is 0. The monoisotopic (exact) mass is 292 g/mol. The summed E-state index contributed by atoms with van der Waals surface area (Å²) in [6.45, 7) is 0.419. The quantitative estimate of drug-likeness (QED) is 0.777.